The maximum absolute atomic E-state index is 5.92. The molecule has 1 aliphatic carbocycles. The normalized spacial score (nSPS) is 30.9. The van der Waals surface area contributed by atoms with Gasteiger partial charge < -0.3 is 10.1 Å². The van der Waals surface area contributed by atoms with E-state index in [1.807, 2.05) is 0 Å². The zero-order chi connectivity index (χ0) is 11.9. The topological polar surface area (TPSA) is 21.3 Å². The third-order valence-corrected chi connectivity index (χ3v) is 5.21. The molecule has 17 heavy (non-hydrogen) atoms. The van der Waals surface area contributed by atoms with Gasteiger partial charge in [-0.05, 0) is 32.2 Å². The molecule has 2 unspecified atom stereocenters. The minimum Gasteiger partial charge on any atom is -0.378 e. The quantitative estimate of drug-likeness (QED) is 0.738. The van der Waals surface area contributed by atoms with Crippen LogP contribution in [0.25, 0.3) is 0 Å². The molecule has 2 rings (SSSR count). The highest BCUT2D eigenvalue weighted by atomic mass is 32.2. The number of ether oxygens (including phenoxy) is 1. The first-order valence-electron chi connectivity index (χ1n) is 7.31. The predicted octanol–water partition coefficient (Wildman–Crippen LogP) is 3.21. The lowest BCUT2D eigenvalue weighted by molar-refractivity contribution is 0.0271. The van der Waals surface area contributed by atoms with Crippen LogP contribution in [0.4, 0.5) is 0 Å². The van der Waals surface area contributed by atoms with Crippen molar-refractivity contribution in [2.75, 3.05) is 18.9 Å². The highest BCUT2D eigenvalue weighted by molar-refractivity contribution is 8.00. The Morgan fingerprint density at radius 3 is 2.76 bits per heavy atom. The van der Waals surface area contributed by atoms with Crippen LogP contribution in [0.1, 0.15) is 51.9 Å². The van der Waals surface area contributed by atoms with E-state index in [1.165, 1.54) is 50.7 Å². The average molecular weight is 257 g/mol. The van der Waals surface area contributed by atoms with E-state index < -0.39 is 0 Å². The van der Waals surface area contributed by atoms with Crippen LogP contribution >= 0.6 is 11.8 Å². The Kier molecular flexibility index (Phi) is 6.16. The Hall–Kier alpha value is 0.270. The van der Waals surface area contributed by atoms with E-state index >= 15 is 0 Å². The maximum atomic E-state index is 5.92. The Bertz CT molecular complexity index is 200. The van der Waals surface area contributed by atoms with Crippen molar-refractivity contribution in [1.29, 1.82) is 0 Å². The number of rotatable bonds is 6. The first-order chi connectivity index (χ1) is 8.34. The minimum atomic E-state index is 0.575. The first-order valence-corrected chi connectivity index (χ1v) is 8.36. The molecule has 0 bridgehead atoms. The van der Waals surface area contributed by atoms with Gasteiger partial charge in [0.25, 0.3) is 0 Å². The molecule has 1 N–H and O–H groups in total. The van der Waals surface area contributed by atoms with E-state index in [0.29, 0.717) is 6.10 Å². The smallest absolute Gasteiger partial charge is 0.0575 e. The van der Waals surface area contributed by atoms with Crippen molar-refractivity contribution < 1.29 is 4.74 Å². The molecule has 1 heterocycles. The molecule has 1 saturated heterocycles. The van der Waals surface area contributed by atoms with Gasteiger partial charge in [-0.2, -0.15) is 11.8 Å². The van der Waals surface area contributed by atoms with Crippen molar-refractivity contribution in [1.82, 2.24) is 5.32 Å². The van der Waals surface area contributed by atoms with Crippen molar-refractivity contribution in [3.05, 3.63) is 0 Å². The van der Waals surface area contributed by atoms with Crippen molar-refractivity contribution >= 4 is 11.8 Å². The molecule has 0 aromatic heterocycles. The van der Waals surface area contributed by atoms with Crippen LogP contribution < -0.4 is 5.32 Å². The summed E-state index contributed by atoms with van der Waals surface area (Å²) in [4.78, 5) is 0. The van der Waals surface area contributed by atoms with E-state index in [9.17, 15) is 0 Å². The van der Waals surface area contributed by atoms with Crippen LogP contribution in [0, 0.1) is 0 Å². The summed E-state index contributed by atoms with van der Waals surface area (Å²) in [5.74, 6) is 1.30. The summed E-state index contributed by atoms with van der Waals surface area (Å²) < 4.78 is 5.92. The van der Waals surface area contributed by atoms with Crippen LogP contribution in [0.5, 0.6) is 0 Å². The van der Waals surface area contributed by atoms with Crippen molar-refractivity contribution in [3.63, 3.8) is 0 Å². The van der Waals surface area contributed by atoms with Crippen LogP contribution in [0.3, 0.4) is 0 Å². The highest BCUT2D eigenvalue weighted by Crippen LogP contribution is 2.25. The fraction of sp³-hybridized carbons (Fsp3) is 1.00. The fourth-order valence-electron chi connectivity index (χ4n) is 2.82. The van der Waals surface area contributed by atoms with Crippen LogP contribution in [0.2, 0.25) is 0 Å². The molecule has 1 saturated carbocycles. The summed E-state index contributed by atoms with van der Waals surface area (Å²) in [6.45, 7) is 4.41. The van der Waals surface area contributed by atoms with Crippen molar-refractivity contribution in [3.8, 4) is 0 Å². The molecule has 0 radical (unpaired) electrons. The summed E-state index contributed by atoms with van der Waals surface area (Å²) in [7, 11) is 0. The molecule has 2 atom stereocenters. The van der Waals surface area contributed by atoms with Crippen LogP contribution in [0.15, 0.2) is 0 Å². The lowest BCUT2D eigenvalue weighted by Gasteiger charge is -2.22. The van der Waals surface area contributed by atoms with Gasteiger partial charge in [0.2, 0.25) is 0 Å². The highest BCUT2D eigenvalue weighted by Gasteiger charge is 2.20. The summed E-state index contributed by atoms with van der Waals surface area (Å²) in [6.07, 6.45) is 9.85. The molecule has 2 aliphatic rings. The third kappa shape index (κ3) is 5.19. The SMILES string of the molecule is CC1CC(NCCCOC2CCCCC2)CS1. The number of hydrogen-bond donors (Lipinski definition) is 1. The van der Waals surface area contributed by atoms with Gasteiger partial charge in [-0.3, -0.25) is 0 Å². The summed E-state index contributed by atoms with van der Waals surface area (Å²) in [5, 5.41) is 4.50. The Morgan fingerprint density at radius 2 is 2.06 bits per heavy atom. The van der Waals surface area contributed by atoms with Gasteiger partial charge in [0.05, 0.1) is 6.10 Å². The molecule has 0 amide bonds. The monoisotopic (exact) mass is 257 g/mol. The molecule has 3 heteroatoms. The molecular weight excluding hydrogens is 230 g/mol. The largest absolute Gasteiger partial charge is 0.378 e. The molecule has 1 aliphatic heterocycles. The lowest BCUT2D eigenvalue weighted by atomic mass is 9.98. The molecule has 0 aromatic rings. The van der Waals surface area contributed by atoms with E-state index in [1.54, 1.807) is 0 Å². The molecule has 2 fully saturated rings. The third-order valence-electron chi connectivity index (χ3n) is 3.86. The standard InChI is InChI=1S/C14H27NOS/c1-12-10-13(11-17-12)15-8-5-9-16-14-6-3-2-4-7-14/h12-15H,2-11H2,1H3. The van der Waals surface area contributed by atoms with Crippen LogP contribution in [-0.4, -0.2) is 36.3 Å². The van der Waals surface area contributed by atoms with Crippen molar-refractivity contribution in [2.24, 2.45) is 0 Å². The summed E-state index contributed by atoms with van der Waals surface area (Å²) >= 11 is 2.10. The number of nitrogens with one attached hydrogen (secondary N) is 1. The van der Waals surface area contributed by atoms with Gasteiger partial charge in [0.1, 0.15) is 0 Å². The molecule has 0 spiro atoms. The Labute approximate surface area is 110 Å². The summed E-state index contributed by atoms with van der Waals surface area (Å²) in [6, 6.07) is 0.754. The second kappa shape index (κ2) is 7.65. The average Bonchev–Trinajstić information content (AvgIpc) is 2.76. The maximum Gasteiger partial charge on any atom is 0.0575 e. The number of thioether (sulfide) groups is 1. The summed E-state index contributed by atoms with van der Waals surface area (Å²) in [5.41, 5.74) is 0. The van der Waals surface area contributed by atoms with Gasteiger partial charge in [-0.25, -0.2) is 0 Å². The molecule has 2 nitrogen and oxygen atoms in total. The van der Waals surface area contributed by atoms with E-state index in [2.05, 4.69) is 24.0 Å². The van der Waals surface area contributed by atoms with E-state index in [-0.39, 0.29) is 0 Å². The lowest BCUT2D eigenvalue weighted by Crippen LogP contribution is -2.30. The Balaban J connectivity index is 1.43. The minimum absolute atomic E-state index is 0.575. The molecule has 0 aromatic carbocycles. The second-order valence-corrected chi connectivity index (χ2v) is 6.99. The van der Waals surface area contributed by atoms with Gasteiger partial charge in [-0.1, -0.05) is 26.2 Å². The Morgan fingerprint density at radius 1 is 1.24 bits per heavy atom. The van der Waals surface area contributed by atoms with Gasteiger partial charge in [-0.15, -0.1) is 0 Å². The second-order valence-electron chi connectivity index (χ2n) is 5.52. The van der Waals surface area contributed by atoms with E-state index in [0.717, 1.165) is 24.4 Å². The fourth-order valence-corrected chi connectivity index (χ4v) is 4.00. The number of hydrogen-bond acceptors (Lipinski definition) is 3. The molecule has 100 valence electrons. The first kappa shape index (κ1) is 13.7. The van der Waals surface area contributed by atoms with Gasteiger partial charge >= 0.3 is 0 Å². The van der Waals surface area contributed by atoms with E-state index in [4.69, 9.17) is 4.74 Å². The van der Waals surface area contributed by atoms with Gasteiger partial charge in [0.15, 0.2) is 0 Å². The zero-order valence-electron chi connectivity index (χ0n) is 11.1. The van der Waals surface area contributed by atoms with Gasteiger partial charge in [0, 0.05) is 23.7 Å². The zero-order valence-corrected chi connectivity index (χ0v) is 11.9. The van der Waals surface area contributed by atoms with Crippen LogP contribution in [-0.2, 0) is 4.74 Å². The predicted molar refractivity (Wildman–Crippen MR) is 75.8 cm³/mol. The molecular formula is C14H27NOS. The van der Waals surface area contributed by atoms with Crippen molar-refractivity contribution in [2.45, 2.75) is 69.3 Å².